The molecule has 0 bridgehead atoms. The predicted molar refractivity (Wildman–Crippen MR) is 95.4 cm³/mol. The molecule has 2 amide bonds. The zero-order valence-corrected chi connectivity index (χ0v) is 15.2. The van der Waals surface area contributed by atoms with Gasteiger partial charge in [-0.2, -0.15) is 0 Å². The van der Waals surface area contributed by atoms with E-state index in [-0.39, 0.29) is 18.1 Å². The van der Waals surface area contributed by atoms with Crippen LogP contribution in [0, 0.1) is 5.41 Å². The van der Waals surface area contributed by atoms with E-state index < -0.39 is 17.4 Å². The van der Waals surface area contributed by atoms with Crippen LogP contribution in [0.2, 0.25) is 0 Å². The Morgan fingerprint density at radius 2 is 1.88 bits per heavy atom. The molecule has 0 radical (unpaired) electrons. The second kappa shape index (κ2) is 8.91. The predicted octanol–water partition coefficient (Wildman–Crippen LogP) is 0.110. The first-order valence-corrected chi connectivity index (χ1v) is 8.79. The van der Waals surface area contributed by atoms with Crippen molar-refractivity contribution in [3.05, 3.63) is 12.4 Å². The molecule has 0 spiro atoms. The van der Waals surface area contributed by atoms with Crippen LogP contribution >= 0.6 is 0 Å². The molecule has 1 atom stereocenters. The van der Waals surface area contributed by atoms with Gasteiger partial charge in [0.15, 0.2) is 5.75 Å². The highest BCUT2D eigenvalue weighted by atomic mass is 16.3. The number of nitrogens with zero attached hydrogens (tertiary/aromatic N) is 3. The zero-order chi connectivity index (χ0) is 19.2. The number of aromatic hydroxyl groups is 1. The molecule has 1 aromatic heterocycles. The molecule has 1 fully saturated rings. The molecule has 144 valence electrons. The van der Waals surface area contributed by atoms with Crippen LogP contribution in [0.15, 0.2) is 12.4 Å². The number of amides is 2. The third-order valence-corrected chi connectivity index (χ3v) is 4.36. The standard InChI is InChI=1S/C17H27N5O4/c1-17(2)9-13(24)22(15(26)14(17)25)8-4-3-5-18-6-7-19-16-20-10-12(23)11-21-16/h10-11,14,18,23,25H,3-9H2,1-2H3,(H,19,20,21). The van der Waals surface area contributed by atoms with Gasteiger partial charge in [0.05, 0.1) is 12.4 Å². The van der Waals surface area contributed by atoms with Gasteiger partial charge in [-0.3, -0.25) is 14.5 Å². The molecule has 0 saturated carbocycles. The molecule has 9 heteroatoms. The third-order valence-electron chi connectivity index (χ3n) is 4.36. The van der Waals surface area contributed by atoms with Crippen molar-refractivity contribution < 1.29 is 19.8 Å². The first-order valence-electron chi connectivity index (χ1n) is 8.79. The molecular formula is C17H27N5O4. The highest BCUT2D eigenvalue weighted by Crippen LogP contribution is 2.32. The molecule has 1 unspecified atom stereocenters. The highest BCUT2D eigenvalue weighted by molar-refractivity contribution is 6.00. The summed E-state index contributed by atoms with van der Waals surface area (Å²) in [6, 6.07) is 0. The number of rotatable bonds is 9. The van der Waals surface area contributed by atoms with Gasteiger partial charge >= 0.3 is 0 Å². The Labute approximate surface area is 152 Å². The minimum atomic E-state index is -1.12. The van der Waals surface area contributed by atoms with Crippen molar-refractivity contribution in [3.8, 4) is 5.75 Å². The third kappa shape index (κ3) is 5.37. The van der Waals surface area contributed by atoms with Crippen molar-refractivity contribution in [2.45, 2.75) is 39.2 Å². The summed E-state index contributed by atoms with van der Waals surface area (Å²) < 4.78 is 0. The number of aliphatic hydroxyl groups excluding tert-OH is 1. The normalized spacial score (nSPS) is 19.7. The summed E-state index contributed by atoms with van der Waals surface area (Å²) in [5.74, 6) is -0.225. The smallest absolute Gasteiger partial charge is 0.258 e. The molecule has 1 aliphatic heterocycles. The highest BCUT2D eigenvalue weighted by Gasteiger charge is 2.45. The number of carbonyl (C=O) groups is 2. The van der Waals surface area contributed by atoms with Crippen LogP contribution in [0.25, 0.3) is 0 Å². The second-order valence-corrected chi connectivity index (χ2v) is 7.10. The van der Waals surface area contributed by atoms with Gasteiger partial charge in [0.2, 0.25) is 11.9 Å². The lowest BCUT2D eigenvalue weighted by atomic mass is 9.79. The lowest BCUT2D eigenvalue weighted by Crippen LogP contribution is -2.55. The number of carbonyl (C=O) groups excluding carboxylic acids is 2. The van der Waals surface area contributed by atoms with E-state index in [2.05, 4.69) is 20.6 Å². The van der Waals surface area contributed by atoms with Gasteiger partial charge in [-0.15, -0.1) is 0 Å². The molecular weight excluding hydrogens is 338 g/mol. The Morgan fingerprint density at radius 3 is 2.58 bits per heavy atom. The van der Waals surface area contributed by atoms with E-state index in [1.54, 1.807) is 13.8 Å². The van der Waals surface area contributed by atoms with Crippen LogP contribution in [-0.2, 0) is 9.59 Å². The monoisotopic (exact) mass is 365 g/mol. The summed E-state index contributed by atoms with van der Waals surface area (Å²) in [4.78, 5) is 33.2. The van der Waals surface area contributed by atoms with Gasteiger partial charge in [0.25, 0.3) is 5.91 Å². The van der Waals surface area contributed by atoms with E-state index in [0.717, 1.165) is 13.0 Å². The summed E-state index contributed by atoms with van der Waals surface area (Å²) in [6.45, 7) is 5.89. The van der Waals surface area contributed by atoms with Gasteiger partial charge in [-0.1, -0.05) is 13.8 Å². The molecule has 1 aliphatic rings. The molecule has 1 saturated heterocycles. The topological polar surface area (TPSA) is 128 Å². The summed E-state index contributed by atoms with van der Waals surface area (Å²) in [7, 11) is 0. The number of anilines is 1. The lowest BCUT2D eigenvalue weighted by molar-refractivity contribution is -0.164. The number of aromatic nitrogens is 2. The minimum Gasteiger partial charge on any atom is -0.505 e. The van der Waals surface area contributed by atoms with Gasteiger partial charge in [-0.25, -0.2) is 9.97 Å². The second-order valence-electron chi connectivity index (χ2n) is 7.10. The minimum absolute atomic E-state index is 0.0235. The van der Waals surface area contributed by atoms with E-state index in [9.17, 15) is 14.7 Å². The largest absolute Gasteiger partial charge is 0.505 e. The van der Waals surface area contributed by atoms with E-state index >= 15 is 0 Å². The molecule has 2 heterocycles. The van der Waals surface area contributed by atoms with E-state index in [1.165, 1.54) is 17.3 Å². The number of piperidine rings is 1. The Kier molecular flexibility index (Phi) is 6.87. The molecule has 26 heavy (non-hydrogen) atoms. The van der Waals surface area contributed by atoms with Crippen LogP contribution in [0.5, 0.6) is 5.75 Å². The van der Waals surface area contributed by atoms with Gasteiger partial charge in [0.1, 0.15) is 6.10 Å². The van der Waals surface area contributed by atoms with E-state index in [0.29, 0.717) is 32.0 Å². The number of aliphatic hydroxyl groups is 1. The molecule has 9 nitrogen and oxygen atoms in total. The molecule has 0 aromatic carbocycles. The summed E-state index contributed by atoms with van der Waals surface area (Å²) >= 11 is 0. The van der Waals surface area contributed by atoms with Crippen molar-refractivity contribution in [1.82, 2.24) is 20.2 Å². The average Bonchev–Trinajstić information content (AvgIpc) is 2.59. The van der Waals surface area contributed by atoms with E-state index in [4.69, 9.17) is 5.11 Å². The molecule has 1 aromatic rings. The SMILES string of the molecule is CC1(C)CC(=O)N(CCCCNCCNc2ncc(O)cn2)C(=O)C1O. The summed E-state index contributed by atoms with van der Waals surface area (Å²) in [5, 5.41) is 25.4. The van der Waals surface area contributed by atoms with Crippen LogP contribution in [-0.4, -0.2) is 69.2 Å². The summed E-state index contributed by atoms with van der Waals surface area (Å²) in [5.41, 5.74) is -0.694. The number of hydrogen-bond acceptors (Lipinski definition) is 8. The van der Waals surface area contributed by atoms with Gasteiger partial charge in [0, 0.05) is 31.5 Å². The maximum absolute atomic E-state index is 12.1. The van der Waals surface area contributed by atoms with Gasteiger partial charge in [-0.05, 0) is 19.4 Å². The fraction of sp³-hybridized carbons (Fsp3) is 0.647. The average molecular weight is 365 g/mol. The van der Waals surface area contributed by atoms with Crippen molar-refractivity contribution in [3.63, 3.8) is 0 Å². The van der Waals surface area contributed by atoms with Crippen LogP contribution in [0.3, 0.4) is 0 Å². The van der Waals surface area contributed by atoms with Gasteiger partial charge < -0.3 is 20.8 Å². The van der Waals surface area contributed by atoms with E-state index in [1.807, 2.05) is 0 Å². The summed E-state index contributed by atoms with van der Waals surface area (Å²) in [6.07, 6.45) is 3.21. The maximum Gasteiger partial charge on any atom is 0.258 e. The number of unbranched alkanes of at least 4 members (excludes halogenated alkanes) is 1. The molecule has 0 aliphatic carbocycles. The number of likely N-dealkylation sites (tertiary alicyclic amines) is 1. The maximum atomic E-state index is 12.1. The van der Waals surface area contributed by atoms with Crippen molar-refractivity contribution in [2.75, 3.05) is 31.5 Å². The molecule has 4 N–H and O–H groups in total. The first-order chi connectivity index (χ1) is 12.3. The quantitative estimate of drug-likeness (QED) is 0.359. The first kappa shape index (κ1) is 20.1. The number of imide groups is 1. The Bertz CT molecular complexity index is 620. The Morgan fingerprint density at radius 1 is 1.19 bits per heavy atom. The van der Waals surface area contributed by atoms with Crippen molar-refractivity contribution in [1.29, 1.82) is 0 Å². The Hall–Kier alpha value is -2.26. The Balaban J connectivity index is 1.57. The number of hydrogen-bond donors (Lipinski definition) is 4. The van der Waals surface area contributed by atoms with Crippen LogP contribution in [0.1, 0.15) is 33.1 Å². The lowest BCUT2D eigenvalue weighted by Gasteiger charge is -2.38. The van der Waals surface area contributed by atoms with Crippen LogP contribution in [0.4, 0.5) is 5.95 Å². The zero-order valence-electron chi connectivity index (χ0n) is 15.2. The van der Waals surface area contributed by atoms with Crippen molar-refractivity contribution in [2.24, 2.45) is 5.41 Å². The van der Waals surface area contributed by atoms with Crippen LogP contribution < -0.4 is 10.6 Å². The fourth-order valence-corrected chi connectivity index (χ4v) is 2.74. The van der Waals surface area contributed by atoms with Crippen molar-refractivity contribution >= 4 is 17.8 Å². The number of nitrogens with one attached hydrogen (secondary N) is 2. The molecule has 2 rings (SSSR count). The fourth-order valence-electron chi connectivity index (χ4n) is 2.74.